The number of halogens is 1. The molecule has 0 saturated heterocycles. The van der Waals surface area contributed by atoms with Gasteiger partial charge < -0.3 is 0 Å². The predicted molar refractivity (Wildman–Crippen MR) is 69.1 cm³/mol. The maximum atomic E-state index is 12.8. The van der Waals surface area contributed by atoms with Gasteiger partial charge in [0.05, 0.1) is 17.6 Å². The van der Waals surface area contributed by atoms with Crippen LogP contribution in [0.1, 0.15) is 25.6 Å². The molecule has 0 saturated carbocycles. The van der Waals surface area contributed by atoms with Gasteiger partial charge >= 0.3 is 0 Å². The van der Waals surface area contributed by atoms with Gasteiger partial charge in [-0.3, -0.25) is 0 Å². The molecular formula is C12H13FN4O2S. The molecule has 106 valence electrons. The molecule has 0 aliphatic heterocycles. The summed E-state index contributed by atoms with van der Waals surface area (Å²) in [5.41, 5.74) is 0. The highest BCUT2D eigenvalue weighted by Gasteiger charge is 2.32. The number of aromatic nitrogens is 4. The van der Waals surface area contributed by atoms with Gasteiger partial charge in [-0.05, 0) is 13.0 Å². The summed E-state index contributed by atoms with van der Waals surface area (Å²) in [5.74, 6) is -0.814. The monoisotopic (exact) mass is 296 g/mol. The lowest BCUT2D eigenvalue weighted by Gasteiger charge is -2.17. The van der Waals surface area contributed by atoms with E-state index >= 15 is 0 Å². The van der Waals surface area contributed by atoms with Crippen LogP contribution in [0, 0.1) is 5.82 Å². The van der Waals surface area contributed by atoms with Crippen molar-refractivity contribution in [2.24, 2.45) is 0 Å². The summed E-state index contributed by atoms with van der Waals surface area (Å²) < 4.78 is 37.5. The maximum Gasteiger partial charge on any atom is 0.247 e. The first-order chi connectivity index (χ1) is 9.43. The Kier molecular flexibility index (Phi) is 4.03. The van der Waals surface area contributed by atoms with Crippen LogP contribution in [-0.2, 0) is 9.84 Å². The fourth-order valence-electron chi connectivity index (χ4n) is 1.63. The first-order valence-corrected chi connectivity index (χ1v) is 7.46. The topological polar surface area (TPSA) is 85.7 Å². The van der Waals surface area contributed by atoms with E-state index < -0.39 is 26.8 Å². The zero-order valence-corrected chi connectivity index (χ0v) is 11.7. The quantitative estimate of drug-likeness (QED) is 0.792. The van der Waals surface area contributed by atoms with Crippen LogP contribution in [0.3, 0.4) is 0 Å². The normalized spacial score (nSPS) is 14.8. The molecule has 0 N–H and O–H groups in total. The van der Waals surface area contributed by atoms with Gasteiger partial charge in [0.1, 0.15) is 5.82 Å². The molecule has 20 heavy (non-hydrogen) atoms. The smallest absolute Gasteiger partial charge is 0.238 e. The molecule has 0 radical (unpaired) electrons. The summed E-state index contributed by atoms with van der Waals surface area (Å²) in [5, 5.41) is -1.06. The Labute approximate surface area is 116 Å². The molecule has 6 nitrogen and oxygen atoms in total. The molecule has 8 heteroatoms. The molecule has 0 aromatic carbocycles. The fourth-order valence-corrected chi connectivity index (χ4v) is 3.04. The zero-order chi connectivity index (χ0) is 14.8. The largest absolute Gasteiger partial charge is 0.247 e. The molecule has 0 fully saturated rings. The van der Waals surface area contributed by atoms with Crippen LogP contribution in [0.15, 0.2) is 36.0 Å². The van der Waals surface area contributed by atoms with E-state index in [4.69, 9.17) is 0 Å². The first kappa shape index (κ1) is 14.4. The van der Waals surface area contributed by atoms with E-state index in [1.807, 2.05) is 0 Å². The van der Waals surface area contributed by atoms with E-state index in [0.717, 1.165) is 12.4 Å². The second-order valence-electron chi connectivity index (χ2n) is 4.33. The van der Waals surface area contributed by atoms with Crippen molar-refractivity contribution >= 4 is 9.84 Å². The summed E-state index contributed by atoms with van der Waals surface area (Å²) in [6, 6.07) is 1.54. The van der Waals surface area contributed by atoms with Gasteiger partial charge in [0.15, 0.2) is 5.82 Å². The summed E-state index contributed by atoms with van der Waals surface area (Å²) in [4.78, 5) is 15.2. The van der Waals surface area contributed by atoms with E-state index in [9.17, 15) is 12.8 Å². The second-order valence-corrected chi connectivity index (χ2v) is 6.53. The first-order valence-electron chi connectivity index (χ1n) is 5.91. The third kappa shape index (κ3) is 2.79. The van der Waals surface area contributed by atoms with Crippen LogP contribution in [0.2, 0.25) is 0 Å². The van der Waals surface area contributed by atoms with Crippen molar-refractivity contribution in [3.8, 4) is 0 Å². The number of hydrogen-bond donors (Lipinski definition) is 0. The Hall–Kier alpha value is -1.96. The van der Waals surface area contributed by atoms with Gasteiger partial charge in [-0.15, -0.1) is 0 Å². The van der Waals surface area contributed by atoms with Crippen LogP contribution in [0.4, 0.5) is 4.39 Å². The van der Waals surface area contributed by atoms with Crippen molar-refractivity contribution in [1.29, 1.82) is 0 Å². The lowest BCUT2D eigenvalue weighted by molar-refractivity contribution is 0.550. The van der Waals surface area contributed by atoms with Gasteiger partial charge in [0, 0.05) is 18.3 Å². The maximum absolute atomic E-state index is 12.8. The van der Waals surface area contributed by atoms with Crippen molar-refractivity contribution in [1.82, 2.24) is 19.9 Å². The molecule has 2 aromatic heterocycles. The highest BCUT2D eigenvalue weighted by molar-refractivity contribution is 7.91. The number of nitrogens with zero attached hydrogens (tertiary/aromatic N) is 4. The van der Waals surface area contributed by atoms with E-state index in [0.29, 0.717) is 0 Å². The molecule has 0 aliphatic rings. The summed E-state index contributed by atoms with van der Waals surface area (Å²) in [6.07, 6.45) is 4.76. The van der Waals surface area contributed by atoms with Crippen LogP contribution < -0.4 is 0 Å². The van der Waals surface area contributed by atoms with Crippen molar-refractivity contribution in [3.05, 3.63) is 42.5 Å². The molecule has 2 rings (SSSR count). The van der Waals surface area contributed by atoms with Gasteiger partial charge in [0.2, 0.25) is 15.0 Å². The van der Waals surface area contributed by atoms with Gasteiger partial charge in [-0.25, -0.2) is 32.7 Å². The Bertz CT molecular complexity index is 676. The Morgan fingerprint density at radius 2 is 1.60 bits per heavy atom. The highest BCUT2D eigenvalue weighted by atomic mass is 32.2. The molecule has 2 heterocycles. The summed E-state index contributed by atoms with van der Waals surface area (Å²) in [7, 11) is -3.69. The Morgan fingerprint density at radius 1 is 1.05 bits per heavy atom. The van der Waals surface area contributed by atoms with Crippen molar-refractivity contribution in [3.63, 3.8) is 0 Å². The molecule has 0 bridgehead atoms. The average Bonchev–Trinajstić information content (AvgIpc) is 2.47. The molecule has 0 amide bonds. The lowest BCUT2D eigenvalue weighted by Crippen LogP contribution is -2.26. The fraction of sp³-hybridized carbons (Fsp3) is 0.333. The number of rotatable bonds is 4. The molecule has 2 atom stereocenters. The third-order valence-electron chi connectivity index (χ3n) is 3.04. The van der Waals surface area contributed by atoms with Crippen LogP contribution in [-0.4, -0.2) is 33.6 Å². The van der Waals surface area contributed by atoms with Gasteiger partial charge in [-0.2, -0.15) is 0 Å². The van der Waals surface area contributed by atoms with Crippen molar-refractivity contribution in [2.45, 2.75) is 30.2 Å². The lowest BCUT2D eigenvalue weighted by atomic mass is 10.1. The molecule has 2 aromatic rings. The van der Waals surface area contributed by atoms with Crippen LogP contribution in [0.25, 0.3) is 0 Å². The van der Waals surface area contributed by atoms with Gasteiger partial charge in [0.25, 0.3) is 0 Å². The number of sulfone groups is 1. The minimum atomic E-state index is -3.69. The third-order valence-corrected chi connectivity index (χ3v) is 5.14. The SMILES string of the molecule is C[C@H](c1ncc(F)cn1)[C@@H](C)S(=O)(=O)c1ncccn1. The average molecular weight is 296 g/mol. The van der Waals surface area contributed by atoms with Crippen LogP contribution in [0.5, 0.6) is 0 Å². The molecule has 0 unspecified atom stereocenters. The van der Waals surface area contributed by atoms with Crippen molar-refractivity contribution in [2.75, 3.05) is 0 Å². The minimum absolute atomic E-state index is 0.235. The van der Waals surface area contributed by atoms with Gasteiger partial charge in [-0.1, -0.05) is 6.92 Å². The van der Waals surface area contributed by atoms with Crippen molar-refractivity contribution < 1.29 is 12.8 Å². The highest BCUT2D eigenvalue weighted by Crippen LogP contribution is 2.24. The van der Waals surface area contributed by atoms with E-state index in [2.05, 4.69) is 19.9 Å². The minimum Gasteiger partial charge on any atom is -0.238 e. The second kappa shape index (κ2) is 5.58. The predicted octanol–water partition coefficient (Wildman–Crippen LogP) is 1.37. The van der Waals surface area contributed by atoms with Crippen LogP contribution >= 0.6 is 0 Å². The van der Waals surface area contributed by atoms with E-state index in [1.54, 1.807) is 6.92 Å². The molecular weight excluding hydrogens is 283 g/mol. The standard InChI is InChI=1S/C12H13FN4O2S/c1-8(11-16-6-10(13)7-17-11)9(2)20(18,19)12-14-4-3-5-15-12/h3-9H,1-2H3/t8-,9+/m0/s1. The van der Waals surface area contributed by atoms with E-state index in [1.165, 1.54) is 25.4 Å². The Morgan fingerprint density at radius 3 is 2.15 bits per heavy atom. The summed E-state index contributed by atoms with van der Waals surface area (Å²) in [6.45, 7) is 3.20. The number of hydrogen-bond acceptors (Lipinski definition) is 6. The molecule has 0 spiro atoms. The summed E-state index contributed by atoms with van der Waals surface area (Å²) >= 11 is 0. The Balaban J connectivity index is 2.31. The zero-order valence-electron chi connectivity index (χ0n) is 10.9. The van der Waals surface area contributed by atoms with E-state index in [-0.39, 0.29) is 11.0 Å². The molecule has 0 aliphatic carbocycles.